The van der Waals surface area contributed by atoms with Gasteiger partial charge in [-0.25, -0.2) is 0 Å². The molecule has 0 aliphatic carbocycles. The average Bonchev–Trinajstić information content (AvgIpc) is 2.39. The summed E-state index contributed by atoms with van der Waals surface area (Å²) in [7, 11) is 0. The van der Waals surface area contributed by atoms with E-state index < -0.39 is 5.60 Å². The number of nitrogen functional groups attached to an aromatic ring is 1. The van der Waals surface area contributed by atoms with E-state index in [1.54, 1.807) is 30.0 Å². The molecule has 5 heteroatoms. The first-order valence-corrected chi connectivity index (χ1v) is 6.97. The molecule has 1 heterocycles. The van der Waals surface area contributed by atoms with Crippen molar-refractivity contribution in [1.29, 1.82) is 0 Å². The molecular formula is C15H22N2O3. The molecule has 2 rings (SSSR count). The second-order valence-corrected chi connectivity index (χ2v) is 5.51. The molecule has 0 radical (unpaired) electrons. The molecule has 110 valence electrons. The first kappa shape index (κ1) is 14.7. The zero-order valence-corrected chi connectivity index (χ0v) is 12.1. The molecule has 1 aromatic carbocycles. The van der Waals surface area contributed by atoms with Gasteiger partial charge in [0.1, 0.15) is 5.75 Å². The largest absolute Gasteiger partial charge is 0.492 e. The predicted octanol–water partition coefficient (Wildman–Crippen LogP) is 1.65. The van der Waals surface area contributed by atoms with Gasteiger partial charge in [-0.1, -0.05) is 0 Å². The van der Waals surface area contributed by atoms with Crippen molar-refractivity contribution in [3.05, 3.63) is 23.8 Å². The fraction of sp³-hybridized carbons (Fsp3) is 0.533. The van der Waals surface area contributed by atoms with Crippen molar-refractivity contribution < 1.29 is 14.6 Å². The molecule has 1 aliphatic rings. The van der Waals surface area contributed by atoms with Crippen LogP contribution >= 0.6 is 0 Å². The van der Waals surface area contributed by atoms with Gasteiger partial charge in [0.25, 0.3) is 5.91 Å². The van der Waals surface area contributed by atoms with E-state index in [2.05, 4.69) is 0 Å². The molecule has 0 saturated carbocycles. The molecule has 1 saturated heterocycles. The number of aliphatic hydroxyl groups is 1. The lowest BCUT2D eigenvalue weighted by Crippen LogP contribution is -2.48. The molecule has 0 aromatic heterocycles. The number of hydrogen-bond acceptors (Lipinski definition) is 4. The van der Waals surface area contributed by atoms with Gasteiger partial charge >= 0.3 is 0 Å². The number of likely N-dealkylation sites (tertiary alicyclic amines) is 1. The number of carbonyl (C=O) groups is 1. The quantitative estimate of drug-likeness (QED) is 0.824. The Morgan fingerprint density at radius 1 is 1.55 bits per heavy atom. The Balaban J connectivity index is 2.15. The van der Waals surface area contributed by atoms with E-state index in [4.69, 9.17) is 10.5 Å². The van der Waals surface area contributed by atoms with Crippen LogP contribution in [0.5, 0.6) is 5.75 Å². The summed E-state index contributed by atoms with van der Waals surface area (Å²) in [5.41, 5.74) is 6.07. The van der Waals surface area contributed by atoms with Crippen molar-refractivity contribution in [3.8, 4) is 5.75 Å². The highest BCUT2D eigenvalue weighted by Gasteiger charge is 2.31. The number of amides is 1. The predicted molar refractivity (Wildman–Crippen MR) is 77.8 cm³/mol. The summed E-state index contributed by atoms with van der Waals surface area (Å²) >= 11 is 0. The summed E-state index contributed by atoms with van der Waals surface area (Å²) in [6.07, 6.45) is 1.54. The second-order valence-electron chi connectivity index (χ2n) is 5.51. The summed E-state index contributed by atoms with van der Waals surface area (Å²) in [4.78, 5) is 14.1. The zero-order valence-electron chi connectivity index (χ0n) is 12.1. The Kier molecular flexibility index (Phi) is 4.18. The number of rotatable bonds is 3. The maximum atomic E-state index is 12.4. The summed E-state index contributed by atoms with van der Waals surface area (Å²) in [6.45, 7) is 5.21. The molecule has 1 aliphatic heterocycles. The smallest absolute Gasteiger partial charge is 0.254 e. The normalized spacial score (nSPS) is 22.6. The number of nitrogens with two attached hydrogens (primary N) is 1. The minimum absolute atomic E-state index is 0.0975. The standard InChI is InChI=1S/C15H22N2O3/c1-3-20-13-6-5-11(9-12(13)16)14(18)17-8-4-7-15(2,19)10-17/h5-6,9,19H,3-4,7-8,10,16H2,1-2H3. The van der Waals surface area contributed by atoms with Crippen molar-refractivity contribution in [2.24, 2.45) is 0 Å². The van der Waals surface area contributed by atoms with Crippen LogP contribution in [0.4, 0.5) is 5.69 Å². The van der Waals surface area contributed by atoms with Gasteiger partial charge in [-0.2, -0.15) is 0 Å². The highest BCUT2D eigenvalue weighted by molar-refractivity contribution is 5.95. The van der Waals surface area contributed by atoms with Gasteiger partial charge in [-0.3, -0.25) is 4.79 Å². The van der Waals surface area contributed by atoms with E-state index in [1.165, 1.54) is 0 Å². The lowest BCUT2D eigenvalue weighted by molar-refractivity contribution is -0.0107. The zero-order chi connectivity index (χ0) is 14.8. The summed E-state index contributed by atoms with van der Waals surface area (Å²) in [5, 5.41) is 10.1. The Bertz CT molecular complexity index is 500. The number of ether oxygens (including phenoxy) is 1. The lowest BCUT2D eigenvalue weighted by atomic mass is 9.94. The molecule has 1 unspecified atom stereocenters. The van der Waals surface area contributed by atoms with Crippen molar-refractivity contribution in [2.45, 2.75) is 32.3 Å². The molecule has 5 nitrogen and oxygen atoms in total. The maximum Gasteiger partial charge on any atom is 0.254 e. The molecule has 1 aromatic rings. The molecular weight excluding hydrogens is 256 g/mol. The molecule has 20 heavy (non-hydrogen) atoms. The van der Waals surface area contributed by atoms with Crippen molar-refractivity contribution in [2.75, 3.05) is 25.4 Å². The van der Waals surface area contributed by atoms with Crippen LogP contribution < -0.4 is 10.5 Å². The average molecular weight is 278 g/mol. The third-order valence-electron chi connectivity index (χ3n) is 3.52. The van der Waals surface area contributed by atoms with Crippen LogP contribution in [0.1, 0.15) is 37.0 Å². The second kappa shape index (κ2) is 5.71. The van der Waals surface area contributed by atoms with Gasteiger partial charge in [0.2, 0.25) is 0 Å². The van der Waals surface area contributed by atoms with Gasteiger partial charge in [-0.05, 0) is 44.9 Å². The minimum Gasteiger partial charge on any atom is -0.492 e. The highest BCUT2D eigenvalue weighted by Crippen LogP contribution is 2.25. The Morgan fingerprint density at radius 3 is 2.90 bits per heavy atom. The van der Waals surface area contributed by atoms with Gasteiger partial charge < -0.3 is 20.5 Å². The maximum absolute atomic E-state index is 12.4. The van der Waals surface area contributed by atoms with Crippen molar-refractivity contribution in [3.63, 3.8) is 0 Å². The number of β-amino-alcohol motifs (C(OH)–C–C–N with tert-alkyl or cyclic N) is 1. The SMILES string of the molecule is CCOc1ccc(C(=O)N2CCCC(C)(O)C2)cc1N. The van der Waals surface area contributed by atoms with Crippen molar-refractivity contribution >= 4 is 11.6 Å². The van der Waals surface area contributed by atoms with Gasteiger partial charge in [0.15, 0.2) is 0 Å². The number of carbonyl (C=O) groups excluding carboxylic acids is 1. The summed E-state index contributed by atoms with van der Waals surface area (Å²) < 4.78 is 5.36. The highest BCUT2D eigenvalue weighted by atomic mass is 16.5. The van der Waals surface area contributed by atoms with E-state index in [0.717, 1.165) is 12.8 Å². The van der Waals surface area contributed by atoms with E-state index in [1.807, 2.05) is 6.92 Å². The fourth-order valence-electron chi connectivity index (χ4n) is 2.54. The van der Waals surface area contributed by atoms with Crippen LogP contribution in [0, 0.1) is 0 Å². The number of nitrogens with zero attached hydrogens (tertiary/aromatic N) is 1. The van der Waals surface area contributed by atoms with E-state index in [-0.39, 0.29) is 5.91 Å². The van der Waals surface area contributed by atoms with E-state index in [9.17, 15) is 9.90 Å². The Labute approximate surface area is 119 Å². The molecule has 1 fully saturated rings. The van der Waals surface area contributed by atoms with Crippen LogP contribution in [0.2, 0.25) is 0 Å². The lowest BCUT2D eigenvalue weighted by Gasteiger charge is -2.36. The Hall–Kier alpha value is -1.75. The minimum atomic E-state index is -0.801. The molecule has 0 bridgehead atoms. The first-order chi connectivity index (χ1) is 9.43. The van der Waals surface area contributed by atoms with Gasteiger partial charge in [0.05, 0.1) is 17.9 Å². The first-order valence-electron chi connectivity index (χ1n) is 6.97. The fourth-order valence-corrected chi connectivity index (χ4v) is 2.54. The van der Waals surface area contributed by atoms with Crippen LogP contribution in [0.3, 0.4) is 0 Å². The third kappa shape index (κ3) is 3.22. The molecule has 1 amide bonds. The Morgan fingerprint density at radius 2 is 2.30 bits per heavy atom. The molecule has 0 spiro atoms. The van der Waals surface area contributed by atoms with Crippen LogP contribution in [-0.4, -0.2) is 41.2 Å². The van der Waals surface area contributed by atoms with Gasteiger partial charge in [-0.15, -0.1) is 0 Å². The topological polar surface area (TPSA) is 75.8 Å². The third-order valence-corrected chi connectivity index (χ3v) is 3.52. The van der Waals surface area contributed by atoms with Crippen molar-refractivity contribution in [1.82, 2.24) is 4.90 Å². The number of anilines is 1. The number of benzene rings is 1. The number of hydrogen-bond donors (Lipinski definition) is 2. The van der Waals surface area contributed by atoms with Gasteiger partial charge in [0, 0.05) is 18.7 Å². The number of piperidine rings is 1. The van der Waals surface area contributed by atoms with E-state index >= 15 is 0 Å². The van der Waals surface area contributed by atoms with Crippen LogP contribution in [-0.2, 0) is 0 Å². The monoisotopic (exact) mass is 278 g/mol. The van der Waals surface area contributed by atoms with Crippen LogP contribution in [0.15, 0.2) is 18.2 Å². The summed E-state index contributed by atoms with van der Waals surface area (Å²) in [5.74, 6) is 0.495. The van der Waals surface area contributed by atoms with E-state index in [0.29, 0.717) is 36.7 Å². The van der Waals surface area contributed by atoms with Crippen LogP contribution in [0.25, 0.3) is 0 Å². The molecule has 3 N–H and O–H groups in total. The summed E-state index contributed by atoms with van der Waals surface area (Å²) in [6, 6.07) is 5.07. The molecule has 1 atom stereocenters.